The fourth-order valence-electron chi connectivity index (χ4n) is 6.25. The first-order valence-electron chi connectivity index (χ1n) is 10.8. The molecule has 3 aliphatic rings. The molecule has 0 aromatic heterocycles. The van der Waals surface area contributed by atoms with Crippen LogP contribution < -0.4 is 4.74 Å². The van der Waals surface area contributed by atoms with Crippen LogP contribution in [0.15, 0.2) is 60.2 Å². The van der Waals surface area contributed by atoms with Gasteiger partial charge in [-0.15, -0.1) is 0 Å². The quantitative estimate of drug-likeness (QED) is 0.713. The summed E-state index contributed by atoms with van der Waals surface area (Å²) in [6.07, 6.45) is 6.87. The number of ether oxygens (including phenoxy) is 1. The number of phenols is 1. The summed E-state index contributed by atoms with van der Waals surface area (Å²) >= 11 is 0. The second kappa shape index (κ2) is 7.05. The largest absolute Gasteiger partial charge is 0.508 e. The normalized spacial score (nSPS) is 31.8. The van der Waals surface area contributed by atoms with Gasteiger partial charge in [-0.3, -0.25) is 4.79 Å². The zero-order valence-electron chi connectivity index (χ0n) is 16.9. The van der Waals surface area contributed by atoms with Gasteiger partial charge in [0.15, 0.2) is 0 Å². The fraction of sp³-hybridized carbons (Fsp3) is 0.423. The number of carbonyl (C=O) groups is 1. The summed E-state index contributed by atoms with van der Waals surface area (Å²) in [7, 11) is 0. The Bertz CT molecular complexity index is 961. The number of phenolic OH excluding ortho intramolecular Hbond substituents is 1. The average molecular weight is 389 g/mol. The Morgan fingerprint density at radius 1 is 1.14 bits per heavy atom. The predicted octanol–water partition coefficient (Wildman–Crippen LogP) is 5.43. The Hall–Kier alpha value is -2.55. The summed E-state index contributed by atoms with van der Waals surface area (Å²) in [6, 6.07) is 15.7. The first-order chi connectivity index (χ1) is 14.1. The van der Waals surface area contributed by atoms with Crippen LogP contribution in [0.5, 0.6) is 11.5 Å². The van der Waals surface area contributed by atoms with Crippen molar-refractivity contribution >= 4 is 5.78 Å². The van der Waals surface area contributed by atoms with Gasteiger partial charge in [-0.2, -0.15) is 0 Å². The van der Waals surface area contributed by atoms with Gasteiger partial charge in [0.2, 0.25) is 0 Å². The molecule has 1 N–H and O–H groups in total. The third-order valence-corrected chi connectivity index (χ3v) is 7.60. The highest BCUT2D eigenvalue weighted by Crippen LogP contribution is 2.61. The number of allylic oxidation sites excluding steroid dienone is 1. The van der Waals surface area contributed by atoms with E-state index in [2.05, 4.69) is 19.1 Å². The Morgan fingerprint density at radius 2 is 1.97 bits per heavy atom. The maximum atomic E-state index is 12.8. The third-order valence-electron chi connectivity index (χ3n) is 7.60. The summed E-state index contributed by atoms with van der Waals surface area (Å²) in [5.74, 6) is 2.95. The molecule has 29 heavy (non-hydrogen) atoms. The minimum atomic E-state index is -0.228. The number of Topliss-reactive ketones (excluding diaryl/α,β-unsaturated/α-hetero) is 1. The van der Waals surface area contributed by atoms with Crippen LogP contribution in [-0.2, 0) is 11.2 Å². The standard InChI is InChI=1S/C26H28O3/c1-26-16-18(13-14-29-20-5-3-2-4-6-20)25-21-10-8-19(27)15-17(21)7-9-22(25)23(26)11-12-24(26)28/h2-6,8,10,13,15,22-23,25,27H,7,9,11-12,14,16H2,1H3/b18-13+. The molecule has 3 nitrogen and oxygen atoms in total. The maximum absolute atomic E-state index is 12.8. The fourth-order valence-corrected chi connectivity index (χ4v) is 6.25. The van der Waals surface area contributed by atoms with Crippen molar-refractivity contribution < 1.29 is 14.6 Å². The van der Waals surface area contributed by atoms with E-state index in [-0.39, 0.29) is 5.41 Å². The molecule has 0 heterocycles. The van der Waals surface area contributed by atoms with Crippen LogP contribution in [0.3, 0.4) is 0 Å². The number of aromatic hydroxyl groups is 1. The first kappa shape index (κ1) is 18.5. The van der Waals surface area contributed by atoms with Crippen molar-refractivity contribution in [3.8, 4) is 11.5 Å². The van der Waals surface area contributed by atoms with Crippen LogP contribution in [0, 0.1) is 17.3 Å². The molecule has 4 atom stereocenters. The monoisotopic (exact) mass is 388 g/mol. The molecular weight excluding hydrogens is 360 g/mol. The van der Waals surface area contributed by atoms with E-state index in [1.807, 2.05) is 42.5 Å². The topological polar surface area (TPSA) is 46.5 Å². The second-order valence-electron chi connectivity index (χ2n) is 9.13. The van der Waals surface area contributed by atoms with Crippen molar-refractivity contribution in [2.45, 2.75) is 44.9 Å². The highest BCUT2D eigenvalue weighted by atomic mass is 16.5. The molecule has 3 heteroatoms. The summed E-state index contributed by atoms with van der Waals surface area (Å²) in [5.41, 5.74) is 3.71. The van der Waals surface area contributed by atoms with Gasteiger partial charge in [-0.05, 0) is 79.0 Å². The Morgan fingerprint density at radius 3 is 2.79 bits per heavy atom. The highest BCUT2D eigenvalue weighted by Gasteiger charge is 2.56. The number of rotatable bonds is 3. The van der Waals surface area contributed by atoms with Gasteiger partial charge in [0, 0.05) is 17.8 Å². The van der Waals surface area contributed by atoms with E-state index in [9.17, 15) is 9.90 Å². The van der Waals surface area contributed by atoms with E-state index in [0.717, 1.165) is 37.9 Å². The number of aryl methyl sites for hydroxylation is 1. The SMILES string of the molecule is CC12C/C(=C\COc3ccccc3)C3c4ccc(O)cc4CCC3C1CCC2=O. The van der Waals surface area contributed by atoms with Crippen molar-refractivity contribution in [2.75, 3.05) is 6.61 Å². The molecule has 0 spiro atoms. The predicted molar refractivity (Wildman–Crippen MR) is 113 cm³/mol. The molecule has 0 radical (unpaired) electrons. The number of hydrogen-bond acceptors (Lipinski definition) is 3. The Balaban J connectivity index is 1.51. The van der Waals surface area contributed by atoms with E-state index in [1.54, 1.807) is 0 Å². The molecule has 2 saturated carbocycles. The number of hydrogen-bond donors (Lipinski definition) is 1. The summed E-state index contributed by atoms with van der Waals surface area (Å²) in [6.45, 7) is 2.71. The van der Waals surface area contributed by atoms with E-state index < -0.39 is 0 Å². The van der Waals surface area contributed by atoms with Gasteiger partial charge < -0.3 is 9.84 Å². The lowest BCUT2D eigenvalue weighted by molar-refractivity contribution is -0.128. The lowest BCUT2D eigenvalue weighted by atomic mass is 9.54. The van der Waals surface area contributed by atoms with E-state index in [4.69, 9.17) is 4.74 Å². The minimum absolute atomic E-state index is 0.228. The van der Waals surface area contributed by atoms with Gasteiger partial charge in [0.25, 0.3) is 0 Å². The number of fused-ring (bicyclic) bond motifs is 5. The summed E-state index contributed by atoms with van der Waals surface area (Å²) in [4.78, 5) is 12.8. The molecule has 0 bridgehead atoms. The molecule has 0 aliphatic heterocycles. The van der Waals surface area contributed by atoms with Crippen LogP contribution in [0.2, 0.25) is 0 Å². The summed E-state index contributed by atoms with van der Waals surface area (Å²) in [5, 5.41) is 9.96. The smallest absolute Gasteiger partial charge is 0.139 e. The van der Waals surface area contributed by atoms with Crippen molar-refractivity contribution in [3.05, 3.63) is 71.3 Å². The van der Waals surface area contributed by atoms with Gasteiger partial charge in [0.05, 0.1) is 0 Å². The molecule has 3 aliphatic carbocycles. The molecule has 0 amide bonds. The van der Waals surface area contributed by atoms with Crippen LogP contribution in [0.25, 0.3) is 0 Å². The van der Waals surface area contributed by atoms with Gasteiger partial charge in [-0.25, -0.2) is 0 Å². The van der Waals surface area contributed by atoms with Gasteiger partial charge >= 0.3 is 0 Å². The zero-order valence-corrected chi connectivity index (χ0v) is 16.9. The maximum Gasteiger partial charge on any atom is 0.139 e. The Kier molecular flexibility index (Phi) is 4.49. The molecule has 0 saturated heterocycles. The van der Waals surface area contributed by atoms with Crippen LogP contribution >= 0.6 is 0 Å². The average Bonchev–Trinajstić information content (AvgIpc) is 3.02. The molecule has 2 aromatic rings. The van der Waals surface area contributed by atoms with E-state index in [1.165, 1.54) is 16.7 Å². The van der Waals surface area contributed by atoms with Crippen molar-refractivity contribution in [2.24, 2.45) is 17.3 Å². The lowest BCUT2D eigenvalue weighted by Gasteiger charge is -2.49. The van der Waals surface area contributed by atoms with Crippen LogP contribution in [0.4, 0.5) is 0 Å². The van der Waals surface area contributed by atoms with Crippen molar-refractivity contribution in [1.29, 1.82) is 0 Å². The molecule has 4 unspecified atom stereocenters. The Labute approximate surface area is 172 Å². The molecule has 2 fully saturated rings. The third kappa shape index (κ3) is 3.08. The number of para-hydroxylation sites is 1. The van der Waals surface area contributed by atoms with Crippen molar-refractivity contribution in [1.82, 2.24) is 0 Å². The summed E-state index contributed by atoms with van der Waals surface area (Å²) < 4.78 is 5.97. The highest BCUT2D eigenvalue weighted by molar-refractivity contribution is 5.87. The molecule has 5 rings (SSSR count). The molecular formula is C26H28O3. The van der Waals surface area contributed by atoms with Crippen molar-refractivity contribution in [3.63, 3.8) is 0 Å². The van der Waals surface area contributed by atoms with Gasteiger partial charge in [-0.1, -0.05) is 36.8 Å². The first-order valence-corrected chi connectivity index (χ1v) is 10.8. The lowest BCUT2D eigenvalue weighted by Crippen LogP contribution is -2.43. The minimum Gasteiger partial charge on any atom is -0.508 e. The molecule has 150 valence electrons. The number of benzene rings is 2. The van der Waals surface area contributed by atoms with Gasteiger partial charge in [0.1, 0.15) is 23.9 Å². The van der Waals surface area contributed by atoms with E-state index in [0.29, 0.717) is 35.9 Å². The number of carbonyl (C=O) groups excluding carboxylic acids is 1. The van der Waals surface area contributed by atoms with E-state index >= 15 is 0 Å². The molecule has 2 aromatic carbocycles. The van der Waals surface area contributed by atoms with Crippen LogP contribution in [-0.4, -0.2) is 17.5 Å². The number of ketones is 1. The second-order valence-corrected chi connectivity index (χ2v) is 9.13. The van der Waals surface area contributed by atoms with Crippen LogP contribution in [0.1, 0.15) is 49.7 Å². The zero-order chi connectivity index (χ0) is 20.0.